The highest BCUT2D eigenvalue weighted by atomic mass is 31.2. The standard InChI is InChI=1S/C19H23N2O2P/c1-24(22,23-16-18-10-6-3-7-11-18)13-12-19(14-20)21-15-17-8-4-2-5-9-17/h2-11,19,21H,12-13,15-16H2,1H3. The van der Waals surface area contributed by atoms with E-state index in [-0.39, 0.29) is 6.04 Å². The third-order valence-electron chi connectivity index (χ3n) is 3.72. The van der Waals surface area contributed by atoms with Crippen LogP contribution in [-0.2, 0) is 22.2 Å². The number of nitrogens with one attached hydrogen (secondary N) is 1. The molecule has 0 spiro atoms. The summed E-state index contributed by atoms with van der Waals surface area (Å²) in [5, 5.41) is 12.5. The second-order valence-corrected chi connectivity index (χ2v) is 8.57. The fraction of sp³-hybridized carbons (Fsp3) is 0.316. The Labute approximate surface area is 143 Å². The van der Waals surface area contributed by atoms with Gasteiger partial charge in [-0.15, -0.1) is 0 Å². The van der Waals surface area contributed by atoms with Crippen LogP contribution >= 0.6 is 7.37 Å². The van der Waals surface area contributed by atoms with Gasteiger partial charge >= 0.3 is 0 Å². The number of benzene rings is 2. The monoisotopic (exact) mass is 342 g/mol. The Morgan fingerprint density at radius 2 is 1.67 bits per heavy atom. The van der Waals surface area contributed by atoms with Gasteiger partial charge in [-0.25, -0.2) is 0 Å². The van der Waals surface area contributed by atoms with Crippen molar-refractivity contribution in [2.24, 2.45) is 0 Å². The molecule has 4 nitrogen and oxygen atoms in total. The Balaban J connectivity index is 1.76. The lowest BCUT2D eigenvalue weighted by Gasteiger charge is -2.17. The average molecular weight is 342 g/mol. The van der Waals surface area contributed by atoms with Gasteiger partial charge in [0.05, 0.1) is 18.7 Å². The molecule has 126 valence electrons. The van der Waals surface area contributed by atoms with Crippen molar-refractivity contribution in [3.05, 3.63) is 71.8 Å². The van der Waals surface area contributed by atoms with E-state index < -0.39 is 7.37 Å². The van der Waals surface area contributed by atoms with Gasteiger partial charge in [0.1, 0.15) is 0 Å². The molecule has 0 amide bonds. The molecule has 2 rings (SSSR count). The van der Waals surface area contributed by atoms with Crippen LogP contribution in [0.3, 0.4) is 0 Å². The molecule has 0 bridgehead atoms. The van der Waals surface area contributed by atoms with E-state index in [0.717, 1.165) is 11.1 Å². The second-order valence-electron chi connectivity index (χ2n) is 5.83. The molecule has 2 atom stereocenters. The molecule has 24 heavy (non-hydrogen) atoms. The molecular weight excluding hydrogens is 319 g/mol. The van der Waals surface area contributed by atoms with Crippen LogP contribution in [0.1, 0.15) is 17.5 Å². The predicted octanol–water partition coefficient (Wildman–Crippen LogP) is 4.18. The molecule has 0 heterocycles. The highest BCUT2D eigenvalue weighted by Crippen LogP contribution is 2.44. The third kappa shape index (κ3) is 6.68. The number of hydrogen-bond acceptors (Lipinski definition) is 4. The van der Waals surface area contributed by atoms with Crippen molar-refractivity contribution < 1.29 is 9.09 Å². The Bertz CT molecular complexity index is 698. The van der Waals surface area contributed by atoms with Crippen molar-refractivity contribution >= 4 is 7.37 Å². The fourth-order valence-electron chi connectivity index (χ4n) is 2.26. The molecular formula is C19H23N2O2P. The second kappa shape index (κ2) is 9.39. The van der Waals surface area contributed by atoms with Gasteiger partial charge in [-0.2, -0.15) is 5.26 Å². The number of nitriles is 1. The summed E-state index contributed by atoms with van der Waals surface area (Å²) in [4.78, 5) is 0. The highest BCUT2D eigenvalue weighted by molar-refractivity contribution is 7.58. The molecule has 0 saturated heterocycles. The molecule has 0 aliphatic heterocycles. The Morgan fingerprint density at radius 1 is 1.08 bits per heavy atom. The summed E-state index contributed by atoms with van der Waals surface area (Å²) in [7, 11) is -2.71. The maximum absolute atomic E-state index is 12.5. The zero-order valence-corrected chi connectivity index (χ0v) is 14.8. The Kier molecular flexibility index (Phi) is 7.21. The minimum absolute atomic E-state index is 0.334. The van der Waals surface area contributed by atoms with E-state index in [0.29, 0.717) is 25.7 Å². The van der Waals surface area contributed by atoms with Crippen molar-refractivity contribution in [1.29, 1.82) is 5.26 Å². The zero-order chi connectivity index (χ0) is 17.3. The van der Waals surface area contributed by atoms with E-state index in [1.165, 1.54) is 0 Å². The quantitative estimate of drug-likeness (QED) is 0.694. The lowest BCUT2D eigenvalue weighted by atomic mass is 10.2. The van der Waals surface area contributed by atoms with Crippen molar-refractivity contribution in [2.75, 3.05) is 12.8 Å². The smallest absolute Gasteiger partial charge is 0.200 e. The van der Waals surface area contributed by atoms with E-state index in [1.54, 1.807) is 6.66 Å². The molecule has 5 heteroatoms. The summed E-state index contributed by atoms with van der Waals surface area (Å²) in [6.45, 7) is 2.60. The lowest BCUT2D eigenvalue weighted by Crippen LogP contribution is -2.28. The number of hydrogen-bond donors (Lipinski definition) is 1. The normalized spacial score (nSPS) is 14.5. The van der Waals surface area contributed by atoms with Crippen LogP contribution in [0.15, 0.2) is 60.7 Å². The van der Waals surface area contributed by atoms with E-state index in [9.17, 15) is 9.83 Å². The first-order valence-corrected chi connectivity index (χ1v) is 10.3. The van der Waals surface area contributed by atoms with Crippen LogP contribution in [0.2, 0.25) is 0 Å². The first kappa shape index (κ1) is 18.4. The summed E-state index contributed by atoms with van der Waals surface area (Å²) in [6, 6.07) is 21.5. The van der Waals surface area contributed by atoms with Crippen LogP contribution in [0.25, 0.3) is 0 Å². The Morgan fingerprint density at radius 3 is 2.25 bits per heavy atom. The van der Waals surface area contributed by atoms with Crippen LogP contribution in [0.5, 0.6) is 0 Å². The Hall–Kier alpha value is -1.92. The summed E-state index contributed by atoms with van der Waals surface area (Å²) in [6.07, 6.45) is 0.895. The molecule has 0 fully saturated rings. The molecule has 0 saturated carbocycles. The van der Waals surface area contributed by atoms with Gasteiger partial charge in [0, 0.05) is 19.4 Å². The van der Waals surface area contributed by atoms with E-state index in [2.05, 4.69) is 11.4 Å². The molecule has 0 aliphatic carbocycles. The predicted molar refractivity (Wildman–Crippen MR) is 96.9 cm³/mol. The van der Waals surface area contributed by atoms with Gasteiger partial charge in [0.15, 0.2) is 0 Å². The van der Waals surface area contributed by atoms with Gasteiger partial charge in [-0.1, -0.05) is 60.7 Å². The highest BCUT2D eigenvalue weighted by Gasteiger charge is 2.19. The van der Waals surface area contributed by atoms with Crippen LogP contribution in [-0.4, -0.2) is 18.9 Å². The van der Waals surface area contributed by atoms with Crippen LogP contribution < -0.4 is 5.32 Å². The maximum atomic E-state index is 12.5. The van der Waals surface area contributed by atoms with Gasteiger partial charge in [-0.3, -0.25) is 9.88 Å². The minimum atomic E-state index is -2.71. The SMILES string of the molecule is CP(=O)(CCC(C#N)NCc1ccccc1)OCc1ccccc1. The van der Waals surface area contributed by atoms with Gasteiger partial charge in [0.25, 0.3) is 0 Å². The summed E-state index contributed by atoms with van der Waals surface area (Å²) < 4.78 is 18.1. The molecule has 0 radical (unpaired) electrons. The molecule has 2 unspecified atom stereocenters. The zero-order valence-electron chi connectivity index (χ0n) is 13.9. The van der Waals surface area contributed by atoms with E-state index in [4.69, 9.17) is 4.52 Å². The topological polar surface area (TPSA) is 62.1 Å². The largest absolute Gasteiger partial charge is 0.324 e. The molecule has 2 aromatic rings. The van der Waals surface area contributed by atoms with Crippen molar-refractivity contribution in [3.8, 4) is 6.07 Å². The molecule has 0 aromatic heterocycles. The van der Waals surface area contributed by atoms with Gasteiger partial charge in [-0.05, 0) is 17.5 Å². The van der Waals surface area contributed by atoms with E-state index in [1.807, 2.05) is 60.7 Å². The van der Waals surface area contributed by atoms with Crippen LogP contribution in [0, 0.1) is 11.3 Å². The minimum Gasteiger partial charge on any atom is -0.324 e. The summed E-state index contributed by atoms with van der Waals surface area (Å²) in [5.74, 6) is 0. The number of rotatable bonds is 9. The maximum Gasteiger partial charge on any atom is 0.200 e. The summed E-state index contributed by atoms with van der Waals surface area (Å²) >= 11 is 0. The first-order chi connectivity index (χ1) is 11.6. The lowest BCUT2D eigenvalue weighted by molar-refractivity contribution is 0.305. The first-order valence-electron chi connectivity index (χ1n) is 8.01. The number of nitrogens with zero attached hydrogens (tertiary/aromatic N) is 1. The molecule has 1 N–H and O–H groups in total. The molecule has 2 aromatic carbocycles. The summed E-state index contributed by atoms with van der Waals surface area (Å²) in [5.41, 5.74) is 2.12. The third-order valence-corrected chi connectivity index (χ3v) is 5.47. The molecule has 0 aliphatic rings. The van der Waals surface area contributed by atoms with Crippen LogP contribution in [0.4, 0.5) is 0 Å². The van der Waals surface area contributed by atoms with E-state index >= 15 is 0 Å². The van der Waals surface area contributed by atoms with Crippen molar-refractivity contribution in [2.45, 2.75) is 25.6 Å². The van der Waals surface area contributed by atoms with Gasteiger partial charge < -0.3 is 4.52 Å². The average Bonchev–Trinajstić information content (AvgIpc) is 2.62. The van der Waals surface area contributed by atoms with Crippen molar-refractivity contribution in [3.63, 3.8) is 0 Å². The fourth-order valence-corrected chi connectivity index (χ4v) is 3.54. The van der Waals surface area contributed by atoms with Crippen molar-refractivity contribution in [1.82, 2.24) is 5.32 Å². The van der Waals surface area contributed by atoms with Gasteiger partial charge in [0.2, 0.25) is 7.37 Å².